The Kier molecular flexibility index (Phi) is 3.59. The fraction of sp³-hybridized carbons (Fsp3) is 0.909. The SMILES string of the molecule is O=C(O)C[C@H]1CCN(C[C@H]2CCCO2)C1. The second-order valence-corrected chi connectivity index (χ2v) is 4.65. The molecule has 0 saturated carbocycles. The number of hydrogen-bond donors (Lipinski definition) is 1. The molecule has 2 rings (SSSR count). The van der Waals surface area contributed by atoms with Gasteiger partial charge in [0.2, 0.25) is 0 Å². The number of carboxylic acids is 1. The normalized spacial score (nSPS) is 32.3. The molecular weight excluding hydrogens is 194 g/mol. The first-order valence-electron chi connectivity index (χ1n) is 5.80. The zero-order valence-corrected chi connectivity index (χ0v) is 9.02. The Morgan fingerprint density at radius 3 is 3.00 bits per heavy atom. The highest BCUT2D eigenvalue weighted by Gasteiger charge is 2.27. The Morgan fingerprint density at radius 1 is 1.47 bits per heavy atom. The molecule has 0 radical (unpaired) electrons. The summed E-state index contributed by atoms with van der Waals surface area (Å²) < 4.78 is 5.57. The molecule has 2 atom stereocenters. The van der Waals surface area contributed by atoms with Gasteiger partial charge >= 0.3 is 5.97 Å². The highest BCUT2D eigenvalue weighted by Crippen LogP contribution is 2.22. The first-order chi connectivity index (χ1) is 7.24. The van der Waals surface area contributed by atoms with Gasteiger partial charge in [0.25, 0.3) is 0 Å². The average Bonchev–Trinajstić information content (AvgIpc) is 2.77. The molecule has 2 heterocycles. The van der Waals surface area contributed by atoms with E-state index < -0.39 is 5.97 Å². The fourth-order valence-corrected chi connectivity index (χ4v) is 2.57. The minimum atomic E-state index is -0.668. The summed E-state index contributed by atoms with van der Waals surface area (Å²) in [7, 11) is 0. The standard InChI is InChI=1S/C11H19NO3/c13-11(14)6-9-3-4-12(7-9)8-10-2-1-5-15-10/h9-10H,1-8H2,(H,13,14)/t9-,10-/m1/s1. The maximum absolute atomic E-state index is 10.6. The molecule has 0 spiro atoms. The van der Waals surface area contributed by atoms with Gasteiger partial charge in [-0.3, -0.25) is 4.79 Å². The van der Waals surface area contributed by atoms with Crippen molar-refractivity contribution in [2.45, 2.75) is 31.8 Å². The van der Waals surface area contributed by atoms with Gasteiger partial charge in [0.1, 0.15) is 0 Å². The van der Waals surface area contributed by atoms with Crippen molar-refractivity contribution in [1.29, 1.82) is 0 Å². The highest BCUT2D eigenvalue weighted by molar-refractivity contribution is 5.67. The van der Waals surface area contributed by atoms with Crippen LogP contribution in [0.15, 0.2) is 0 Å². The zero-order chi connectivity index (χ0) is 10.7. The molecule has 1 N–H and O–H groups in total. The van der Waals surface area contributed by atoms with Gasteiger partial charge in [-0.15, -0.1) is 0 Å². The quantitative estimate of drug-likeness (QED) is 0.755. The molecule has 4 heteroatoms. The highest BCUT2D eigenvalue weighted by atomic mass is 16.5. The Labute approximate surface area is 90.2 Å². The monoisotopic (exact) mass is 213 g/mol. The first-order valence-corrected chi connectivity index (χ1v) is 5.80. The van der Waals surface area contributed by atoms with E-state index in [0.717, 1.165) is 32.7 Å². The van der Waals surface area contributed by atoms with Crippen LogP contribution in [0, 0.1) is 5.92 Å². The number of carboxylic acid groups (broad SMARTS) is 1. The van der Waals surface area contributed by atoms with Crippen molar-refractivity contribution in [1.82, 2.24) is 4.90 Å². The smallest absolute Gasteiger partial charge is 0.303 e. The lowest BCUT2D eigenvalue weighted by Gasteiger charge is -2.19. The number of rotatable bonds is 4. The van der Waals surface area contributed by atoms with Gasteiger partial charge in [0, 0.05) is 26.1 Å². The molecule has 0 bridgehead atoms. The number of nitrogens with zero attached hydrogens (tertiary/aromatic N) is 1. The van der Waals surface area contributed by atoms with Crippen LogP contribution in [0.3, 0.4) is 0 Å². The van der Waals surface area contributed by atoms with Crippen molar-refractivity contribution in [2.75, 3.05) is 26.2 Å². The molecule has 15 heavy (non-hydrogen) atoms. The third-order valence-electron chi connectivity index (χ3n) is 3.32. The minimum Gasteiger partial charge on any atom is -0.481 e. The summed E-state index contributed by atoms with van der Waals surface area (Å²) in [5, 5.41) is 8.70. The predicted molar refractivity (Wildman–Crippen MR) is 55.8 cm³/mol. The van der Waals surface area contributed by atoms with E-state index >= 15 is 0 Å². The number of aliphatic carboxylic acids is 1. The van der Waals surface area contributed by atoms with Crippen LogP contribution in [-0.2, 0) is 9.53 Å². The maximum Gasteiger partial charge on any atom is 0.303 e. The number of carbonyl (C=O) groups is 1. The van der Waals surface area contributed by atoms with E-state index in [1.165, 1.54) is 12.8 Å². The number of hydrogen-bond acceptors (Lipinski definition) is 3. The summed E-state index contributed by atoms with van der Waals surface area (Å²) in [6.45, 7) is 3.87. The molecule has 2 saturated heterocycles. The third-order valence-corrected chi connectivity index (χ3v) is 3.32. The molecule has 0 aromatic heterocycles. The van der Waals surface area contributed by atoms with Crippen LogP contribution in [0.2, 0.25) is 0 Å². The largest absolute Gasteiger partial charge is 0.481 e. The Balaban J connectivity index is 1.70. The van der Waals surface area contributed by atoms with Crippen LogP contribution in [0.4, 0.5) is 0 Å². The topological polar surface area (TPSA) is 49.8 Å². The van der Waals surface area contributed by atoms with E-state index in [-0.39, 0.29) is 0 Å². The van der Waals surface area contributed by atoms with Crippen molar-refractivity contribution in [3.8, 4) is 0 Å². The van der Waals surface area contributed by atoms with Gasteiger partial charge in [-0.25, -0.2) is 0 Å². The van der Waals surface area contributed by atoms with E-state index in [2.05, 4.69) is 4.90 Å². The van der Waals surface area contributed by atoms with Crippen LogP contribution < -0.4 is 0 Å². The van der Waals surface area contributed by atoms with E-state index in [9.17, 15) is 4.79 Å². The van der Waals surface area contributed by atoms with Crippen LogP contribution >= 0.6 is 0 Å². The van der Waals surface area contributed by atoms with Crippen molar-refractivity contribution in [2.24, 2.45) is 5.92 Å². The van der Waals surface area contributed by atoms with Gasteiger partial charge < -0.3 is 14.7 Å². The van der Waals surface area contributed by atoms with Crippen molar-refractivity contribution in [3.05, 3.63) is 0 Å². The van der Waals surface area contributed by atoms with Gasteiger partial charge in [-0.05, 0) is 31.7 Å². The molecule has 2 aliphatic rings. The lowest BCUT2D eigenvalue weighted by molar-refractivity contribution is -0.138. The lowest BCUT2D eigenvalue weighted by Crippen LogP contribution is -2.30. The summed E-state index contributed by atoms with van der Waals surface area (Å²) in [6, 6.07) is 0. The molecule has 0 amide bonds. The van der Waals surface area contributed by atoms with Crippen LogP contribution in [0.5, 0.6) is 0 Å². The van der Waals surface area contributed by atoms with Gasteiger partial charge in [0.05, 0.1) is 6.10 Å². The first kappa shape index (κ1) is 10.9. The third kappa shape index (κ3) is 3.18. The molecule has 0 aromatic carbocycles. The summed E-state index contributed by atoms with van der Waals surface area (Å²) in [5.41, 5.74) is 0. The van der Waals surface area contributed by atoms with Gasteiger partial charge in [0.15, 0.2) is 0 Å². The van der Waals surface area contributed by atoms with E-state index in [0.29, 0.717) is 18.4 Å². The molecule has 4 nitrogen and oxygen atoms in total. The number of ether oxygens (including phenoxy) is 1. The molecule has 0 aliphatic carbocycles. The Bertz CT molecular complexity index is 226. The van der Waals surface area contributed by atoms with E-state index in [1.807, 2.05) is 0 Å². The fourth-order valence-electron chi connectivity index (χ4n) is 2.57. The van der Waals surface area contributed by atoms with Crippen molar-refractivity contribution >= 4 is 5.97 Å². The van der Waals surface area contributed by atoms with Gasteiger partial charge in [-0.2, -0.15) is 0 Å². The van der Waals surface area contributed by atoms with Crippen LogP contribution in [0.1, 0.15) is 25.7 Å². The number of likely N-dealkylation sites (tertiary alicyclic amines) is 1. The minimum absolute atomic E-state index is 0.321. The summed E-state index contributed by atoms with van der Waals surface area (Å²) in [5.74, 6) is -0.317. The van der Waals surface area contributed by atoms with Crippen molar-refractivity contribution < 1.29 is 14.6 Å². The van der Waals surface area contributed by atoms with E-state index in [4.69, 9.17) is 9.84 Å². The molecule has 0 unspecified atom stereocenters. The maximum atomic E-state index is 10.6. The predicted octanol–water partition coefficient (Wildman–Crippen LogP) is 0.962. The molecule has 86 valence electrons. The van der Waals surface area contributed by atoms with Crippen LogP contribution in [-0.4, -0.2) is 48.3 Å². The summed E-state index contributed by atoms with van der Waals surface area (Å²) >= 11 is 0. The second kappa shape index (κ2) is 4.94. The van der Waals surface area contributed by atoms with Crippen molar-refractivity contribution in [3.63, 3.8) is 0 Å². The Morgan fingerprint density at radius 2 is 2.33 bits per heavy atom. The molecule has 0 aromatic rings. The lowest BCUT2D eigenvalue weighted by atomic mass is 10.1. The molecule has 2 aliphatic heterocycles. The molecular formula is C11H19NO3. The average molecular weight is 213 g/mol. The molecule has 2 fully saturated rings. The zero-order valence-electron chi connectivity index (χ0n) is 9.02. The second-order valence-electron chi connectivity index (χ2n) is 4.65. The van der Waals surface area contributed by atoms with E-state index in [1.54, 1.807) is 0 Å². The summed E-state index contributed by atoms with van der Waals surface area (Å²) in [4.78, 5) is 12.9. The van der Waals surface area contributed by atoms with Crippen LogP contribution in [0.25, 0.3) is 0 Å². The van der Waals surface area contributed by atoms with Gasteiger partial charge in [-0.1, -0.05) is 0 Å². The summed E-state index contributed by atoms with van der Waals surface area (Å²) in [6.07, 6.45) is 4.09. The Hall–Kier alpha value is -0.610.